The van der Waals surface area contributed by atoms with Crippen LogP contribution < -0.4 is 15.4 Å². The van der Waals surface area contributed by atoms with Crippen LogP contribution >= 0.6 is 23.8 Å². The van der Waals surface area contributed by atoms with Crippen LogP contribution in [-0.4, -0.2) is 58.0 Å². The summed E-state index contributed by atoms with van der Waals surface area (Å²) in [5.74, 6) is -1.99. The van der Waals surface area contributed by atoms with Gasteiger partial charge in [-0.25, -0.2) is 9.59 Å². The fourth-order valence-electron chi connectivity index (χ4n) is 4.38. The van der Waals surface area contributed by atoms with Gasteiger partial charge in [-0.2, -0.15) is 0 Å². The zero-order valence-electron chi connectivity index (χ0n) is 21.4. The average Bonchev–Trinajstić information content (AvgIpc) is 3.04. The normalized spacial score (nSPS) is 16.2. The van der Waals surface area contributed by atoms with E-state index in [1.807, 2.05) is 6.92 Å². The number of imide groups is 1. The molecular formula is C26H29ClN4O7S. The van der Waals surface area contributed by atoms with Crippen LogP contribution in [0.1, 0.15) is 53.7 Å². The van der Waals surface area contributed by atoms with Gasteiger partial charge in [0.15, 0.2) is 0 Å². The van der Waals surface area contributed by atoms with E-state index in [1.165, 1.54) is 13.2 Å². The first kappa shape index (κ1) is 29.8. The van der Waals surface area contributed by atoms with E-state index in [9.17, 15) is 29.6 Å². The Labute approximate surface area is 235 Å². The molecule has 2 aromatic carbocycles. The highest BCUT2D eigenvalue weighted by Crippen LogP contribution is 2.29. The summed E-state index contributed by atoms with van der Waals surface area (Å²) in [6, 6.07) is 7.39. The number of hydrogen-bond acceptors (Lipinski definition) is 7. The number of nitro groups is 1. The molecule has 0 saturated carbocycles. The first-order valence-electron chi connectivity index (χ1n) is 12.3. The monoisotopic (exact) mass is 576 g/mol. The first-order chi connectivity index (χ1) is 18.5. The molecule has 1 aliphatic rings. The van der Waals surface area contributed by atoms with Gasteiger partial charge in [0.25, 0.3) is 5.69 Å². The highest BCUT2D eigenvalue weighted by molar-refractivity contribution is 7.80. The van der Waals surface area contributed by atoms with Crippen molar-refractivity contribution in [2.45, 2.75) is 38.6 Å². The SMILES string of the molecule is CCCC[C@@H](NC(=O)N1CC(=S)NC[C@H](Cc2cc(Cl)ccc2OC)C1=O)c1ccc(C(=O)O)c([N+](=O)[O-])c1. The van der Waals surface area contributed by atoms with Crippen LogP contribution in [0.15, 0.2) is 36.4 Å². The molecule has 0 aliphatic carbocycles. The minimum Gasteiger partial charge on any atom is -0.496 e. The quantitative estimate of drug-likeness (QED) is 0.211. The number of unbranched alkanes of at least 4 members (excludes halogenated alkanes) is 1. The maximum Gasteiger partial charge on any atom is 0.342 e. The number of carboxylic acids is 1. The predicted molar refractivity (Wildman–Crippen MR) is 148 cm³/mol. The van der Waals surface area contributed by atoms with Crippen LogP contribution in [0.3, 0.4) is 0 Å². The molecule has 39 heavy (non-hydrogen) atoms. The van der Waals surface area contributed by atoms with Gasteiger partial charge in [-0.1, -0.05) is 49.7 Å². The summed E-state index contributed by atoms with van der Waals surface area (Å²) in [5.41, 5.74) is 0.0203. The van der Waals surface area contributed by atoms with Crippen LogP contribution in [0.4, 0.5) is 10.5 Å². The number of nitrogens with one attached hydrogen (secondary N) is 2. The molecule has 0 radical (unpaired) electrons. The smallest absolute Gasteiger partial charge is 0.342 e. The number of carbonyl (C=O) groups is 3. The Balaban J connectivity index is 1.88. The van der Waals surface area contributed by atoms with Gasteiger partial charge < -0.3 is 20.5 Å². The molecule has 0 unspecified atom stereocenters. The maximum absolute atomic E-state index is 13.6. The topological polar surface area (TPSA) is 151 Å². The maximum atomic E-state index is 13.6. The lowest BCUT2D eigenvalue weighted by molar-refractivity contribution is -0.385. The van der Waals surface area contributed by atoms with Crippen molar-refractivity contribution in [3.8, 4) is 5.75 Å². The highest BCUT2D eigenvalue weighted by atomic mass is 35.5. The van der Waals surface area contributed by atoms with Gasteiger partial charge in [0, 0.05) is 17.6 Å². The van der Waals surface area contributed by atoms with Crippen molar-refractivity contribution < 1.29 is 29.2 Å². The summed E-state index contributed by atoms with van der Waals surface area (Å²) in [4.78, 5) is 50.5. The Hall–Kier alpha value is -3.77. The van der Waals surface area contributed by atoms with E-state index < -0.39 is 46.0 Å². The molecule has 11 nitrogen and oxygen atoms in total. The number of rotatable bonds is 10. The molecule has 0 aromatic heterocycles. The standard InChI is InChI=1S/C26H29ClN4O7S/c1-3-4-5-20(15-6-8-19(25(33)34)21(12-15)31(36)37)29-26(35)30-14-23(39)28-13-17(24(30)32)10-16-11-18(27)7-9-22(16)38-2/h6-9,11-12,17,20H,3-5,10,13-14H2,1-2H3,(H,28,39)(H,29,35)(H,33,34)/t17-,20+/m0/s1. The van der Waals surface area contributed by atoms with Crippen LogP contribution in [0, 0.1) is 16.0 Å². The first-order valence-corrected chi connectivity index (χ1v) is 13.1. The Bertz CT molecular complexity index is 1290. The summed E-state index contributed by atoms with van der Waals surface area (Å²) < 4.78 is 5.40. The third kappa shape index (κ3) is 7.42. The van der Waals surface area contributed by atoms with Crippen molar-refractivity contribution in [2.75, 3.05) is 20.2 Å². The molecular weight excluding hydrogens is 548 g/mol. The summed E-state index contributed by atoms with van der Waals surface area (Å²) in [6.07, 6.45) is 2.11. The second-order valence-corrected chi connectivity index (χ2v) is 10.00. The summed E-state index contributed by atoms with van der Waals surface area (Å²) in [6.45, 7) is 2.02. The summed E-state index contributed by atoms with van der Waals surface area (Å²) >= 11 is 11.5. The van der Waals surface area contributed by atoms with E-state index in [-0.39, 0.29) is 19.5 Å². The molecule has 1 heterocycles. The molecule has 3 N–H and O–H groups in total. The molecule has 0 spiro atoms. The van der Waals surface area contributed by atoms with E-state index in [0.717, 1.165) is 23.5 Å². The van der Waals surface area contributed by atoms with Gasteiger partial charge in [0.2, 0.25) is 5.91 Å². The number of urea groups is 1. The lowest BCUT2D eigenvalue weighted by atomic mass is 9.97. The second kappa shape index (κ2) is 13.3. The van der Waals surface area contributed by atoms with Crippen molar-refractivity contribution >= 4 is 52.4 Å². The second-order valence-electron chi connectivity index (χ2n) is 9.07. The summed E-state index contributed by atoms with van der Waals surface area (Å²) in [7, 11) is 1.51. The molecule has 0 bridgehead atoms. The number of thiocarbonyl (C=S) groups is 1. The van der Waals surface area contributed by atoms with E-state index in [1.54, 1.807) is 18.2 Å². The molecule has 13 heteroatoms. The van der Waals surface area contributed by atoms with Crippen LogP contribution in [0.5, 0.6) is 5.75 Å². The Morgan fingerprint density at radius 1 is 1.33 bits per heavy atom. The zero-order valence-corrected chi connectivity index (χ0v) is 23.0. The number of hydrogen-bond donors (Lipinski definition) is 3. The number of aromatic carboxylic acids is 1. The van der Waals surface area contributed by atoms with Crippen molar-refractivity contribution in [3.63, 3.8) is 0 Å². The van der Waals surface area contributed by atoms with Crippen molar-refractivity contribution in [1.29, 1.82) is 0 Å². The Kier molecular flexibility index (Phi) is 10.2. The number of methoxy groups -OCH3 is 1. The van der Waals surface area contributed by atoms with Crippen LogP contribution in [0.2, 0.25) is 5.02 Å². The largest absolute Gasteiger partial charge is 0.496 e. The van der Waals surface area contributed by atoms with Gasteiger partial charge in [-0.3, -0.25) is 19.8 Å². The minimum absolute atomic E-state index is 0.137. The van der Waals surface area contributed by atoms with E-state index >= 15 is 0 Å². The fraction of sp³-hybridized carbons (Fsp3) is 0.385. The molecule has 3 amide bonds. The third-order valence-electron chi connectivity index (χ3n) is 6.41. The van der Waals surface area contributed by atoms with Gasteiger partial charge in [-0.15, -0.1) is 0 Å². The molecule has 1 saturated heterocycles. The van der Waals surface area contributed by atoms with Gasteiger partial charge >= 0.3 is 12.0 Å². The zero-order chi connectivity index (χ0) is 28.7. The molecule has 1 aliphatic heterocycles. The van der Waals surface area contributed by atoms with Crippen LogP contribution in [-0.2, 0) is 11.2 Å². The molecule has 1 fully saturated rings. The lowest BCUT2D eigenvalue weighted by Crippen LogP contribution is -2.48. The number of nitro benzene ring substituents is 1. The molecule has 2 atom stereocenters. The van der Waals surface area contributed by atoms with Gasteiger partial charge in [-0.05, 0) is 48.2 Å². The number of nitrogens with zero attached hydrogens (tertiary/aromatic N) is 2. The molecule has 3 rings (SSSR count). The number of amides is 3. The number of halogens is 1. The Morgan fingerprint density at radius 3 is 2.72 bits per heavy atom. The number of benzene rings is 2. The van der Waals surface area contributed by atoms with Crippen LogP contribution in [0.25, 0.3) is 0 Å². The third-order valence-corrected chi connectivity index (χ3v) is 6.92. The fourth-order valence-corrected chi connectivity index (χ4v) is 4.79. The number of carboxylic acid groups (broad SMARTS) is 1. The van der Waals surface area contributed by atoms with Crippen molar-refractivity contribution in [1.82, 2.24) is 15.5 Å². The van der Waals surface area contributed by atoms with Crippen molar-refractivity contribution in [3.05, 3.63) is 68.2 Å². The minimum atomic E-state index is -1.43. The lowest BCUT2D eigenvalue weighted by Gasteiger charge is -2.26. The predicted octanol–water partition coefficient (Wildman–Crippen LogP) is 4.51. The van der Waals surface area contributed by atoms with Gasteiger partial charge in [0.1, 0.15) is 11.3 Å². The van der Waals surface area contributed by atoms with E-state index in [0.29, 0.717) is 39.7 Å². The highest BCUT2D eigenvalue weighted by Gasteiger charge is 2.34. The molecule has 2 aromatic rings. The average molecular weight is 577 g/mol. The number of ether oxygens (including phenoxy) is 1. The summed E-state index contributed by atoms with van der Waals surface area (Å²) in [5, 5.41) is 27.1. The molecule has 208 valence electrons. The number of carbonyl (C=O) groups excluding carboxylic acids is 2. The van der Waals surface area contributed by atoms with E-state index in [4.69, 9.17) is 28.6 Å². The van der Waals surface area contributed by atoms with Crippen molar-refractivity contribution in [2.24, 2.45) is 5.92 Å². The Morgan fingerprint density at radius 2 is 2.08 bits per heavy atom. The van der Waals surface area contributed by atoms with Gasteiger partial charge in [0.05, 0.1) is 35.5 Å². The van der Waals surface area contributed by atoms with E-state index in [2.05, 4.69) is 10.6 Å².